The molecule has 0 fully saturated rings. The number of aromatic nitrogens is 3. The number of aromatic amines is 1. The zero-order valence-corrected chi connectivity index (χ0v) is 12.9. The van der Waals surface area contributed by atoms with Crippen LogP contribution in [0.4, 0.5) is 5.69 Å². The number of hydrogen-bond acceptors (Lipinski definition) is 4. The van der Waals surface area contributed by atoms with Crippen LogP contribution in [-0.2, 0) is 11.2 Å². The van der Waals surface area contributed by atoms with Crippen LogP contribution in [-0.4, -0.2) is 28.0 Å². The van der Waals surface area contributed by atoms with E-state index in [1.54, 1.807) is 25.4 Å². The SMILES string of the molecule is COc1ccc(NC(=O)CCCc2nc3ccccc3[nH]2)cn1. The van der Waals surface area contributed by atoms with Gasteiger partial charge in [-0.05, 0) is 24.6 Å². The maximum atomic E-state index is 11.9. The highest BCUT2D eigenvalue weighted by Crippen LogP contribution is 2.13. The molecule has 3 aromatic rings. The van der Waals surface area contributed by atoms with Crippen molar-refractivity contribution in [3.63, 3.8) is 0 Å². The fourth-order valence-corrected chi connectivity index (χ4v) is 2.34. The van der Waals surface area contributed by atoms with E-state index in [9.17, 15) is 4.79 Å². The molecule has 0 bridgehead atoms. The van der Waals surface area contributed by atoms with E-state index in [4.69, 9.17) is 4.74 Å². The maximum absolute atomic E-state index is 11.9. The van der Waals surface area contributed by atoms with Gasteiger partial charge in [0, 0.05) is 18.9 Å². The summed E-state index contributed by atoms with van der Waals surface area (Å²) in [5.41, 5.74) is 2.65. The second-order valence-electron chi connectivity index (χ2n) is 5.19. The first-order valence-corrected chi connectivity index (χ1v) is 7.48. The van der Waals surface area contributed by atoms with Gasteiger partial charge in [-0.3, -0.25) is 4.79 Å². The summed E-state index contributed by atoms with van der Waals surface area (Å²) in [7, 11) is 1.55. The molecule has 1 aromatic carbocycles. The topological polar surface area (TPSA) is 79.9 Å². The van der Waals surface area contributed by atoms with Crippen LogP contribution in [0.1, 0.15) is 18.7 Å². The molecule has 0 radical (unpaired) electrons. The van der Waals surface area contributed by atoms with Crippen molar-refractivity contribution >= 4 is 22.6 Å². The normalized spacial score (nSPS) is 10.7. The molecule has 0 spiro atoms. The number of H-pyrrole nitrogens is 1. The second kappa shape index (κ2) is 6.91. The van der Waals surface area contributed by atoms with Crippen molar-refractivity contribution in [2.45, 2.75) is 19.3 Å². The Hall–Kier alpha value is -2.89. The van der Waals surface area contributed by atoms with Gasteiger partial charge in [-0.2, -0.15) is 0 Å². The number of imidazole rings is 1. The Morgan fingerprint density at radius 2 is 2.13 bits per heavy atom. The van der Waals surface area contributed by atoms with Crippen LogP contribution in [0.15, 0.2) is 42.6 Å². The van der Waals surface area contributed by atoms with E-state index in [2.05, 4.69) is 20.3 Å². The third-order valence-corrected chi connectivity index (χ3v) is 3.49. The van der Waals surface area contributed by atoms with E-state index in [-0.39, 0.29) is 5.91 Å². The third kappa shape index (κ3) is 3.85. The van der Waals surface area contributed by atoms with Gasteiger partial charge in [0.15, 0.2) is 0 Å². The van der Waals surface area contributed by atoms with Crippen LogP contribution in [0.5, 0.6) is 5.88 Å². The molecule has 6 nitrogen and oxygen atoms in total. The summed E-state index contributed by atoms with van der Waals surface area (Å²) in [6.45, 7) is 0. The summed E-state index contributed by atoms with van der Waals surface area (Å²) in [5.74, 6) is 1.39. The molecule has 0 aliphatic carbocycles. The fraction of sp³-hybridized carbons (Fsp3) is 0.235. The number of para-hydroxylation sites is 2. The molecule has 0 saturated carbocycles. The van der Waals surface area contributed by atoms with Gasteiger partial charge >= 0.3 is 0 Å². The van der Waals surface area contributed by atoms with Gasteiger partial charge in [0.25, 0.3) is 0 Å². The molecular formula is C17H18N4O2. The molecule has 23 heavy (non-hydrogen) atoms. The summed E-state index contributed by atoms with van der Waals surface area (Å²) in [5, 5.41) is 2.82. The number of nitrogens with one attached hydrogen (secondary N) is 2. The van der Waals surface area contributed by atoms with Crippen LogP contribution in [0.2, 0.25) is 0 Å². The number of methoxy groups -OCH3 is 1. The number of pyridine rings is 1. The van der Waals surface area contributed by atoms with Gasteiger partial charge in [-0.25, -0.2) is 9.97 Å². The Kier molecular flexibility index (Phi) is 4.52. The Labute approximate surface area is 133 Å². The number of rotatable bonds is 6. The van der Waals surface area contributed by atoms with Crippen LogP contribution in [0.3, 0.4) is 0 Å². The summed E-state index contributed by atoms with van der Waals surface area (Å²) < 4.78 is 4.98. The molecule has 0 aliphatic heterocycles. The van der Waals surface area contributed by atoms with Crippen molar-refractivity contribution in [3.05, 3.63) is 48.4 Å². The number of fused-ring (bicyclic) bond motifs is 1. The van der Waals surface area contributed by atoms with Crippen molar-refractivity contribution in [1.82, 2.24) is 15.0 Å². The Morgan fingerprint density at radius 3 is 2.87 bits per heavy atom. The van der Waals surface area contributed by atoms with Crippen LogP contribution in [0.25, 0.3) is 11.0 Å². The second-order valence-corrected chi connectivity index (χ2v) is 5.19. The highest BCUT2D eigenvalue weighted by atomic mass is 16.5. The lowest BCUT2D eigenvalue weighted by Crippen LogP contribution is -2.11. The van der Waals surface area contributed by atoms with Crippen molar-refractivity contribution in [3.8, 4) is 5.88 Å². The van der Waals surface area contributed by atoms with E-state index in [1.165, 1.54) is 0 Å². The molecular weight excluding hydrogens is 292 g/mol. The molecule has 0 saturated heterocycles. The first kappa shape index (κ1) is 15.0. The Balaban J connectivity index is 1.48. The minimum Gasteiger partial charge on any atom is -0.481 e. The van der Waals surface area contributed by atoms with Gasteiger partial charge < -0.3 is 15.0 Å². The number of nitrogens with zero attached hydrogens (tertiary/aromatic N) is 2. The fourth-order valence-electron chi connectivity index (χ4n) is 2.34. The van der Waals surface area contributed by atoms with E-state index in [0.717, 1.165) is 29.7 Å². The van der Waals surface area contributed by atoms with Crippen LogP contribution in [0, 0.1) is 0 Å². The Bertz CT molecular complexity index is 763. The number of carbonyl (C=O) groups is 1. The van der Waals surface area contributed by atoms with E-state index >= 15 is 0 Å². The van der Waals surface area contributed by atoms with Crippen LogP contribution >= 0.6 is 0 Å². The molecule has 0 unspecified atom stereocenters. The van der Waals surface area contributed by atoms with E-state index < -0.39 is 0 Å². The highest BCUT2D eigenvalue weighted by molar-refractivity contribution is 5.90. The Morgan fingerprint density at radius 1 is 1.26 bits per heavy atom. The lowest BCUT2D eigenvalue weighted by atomic mass is 10.2. The first-order valence-electron chi connectivity index (χ1n) is 7.48. The first-order chi connectivity index (χ1) is 11.2. The van der Waals surface area contributed by atoms with Crippen molar-refractivity contribution < 1.29 is 9.53 Å². The predicted octanol–water partition coefficient (Wildman–Crippen LogP) is 2.93. The molecule has 2 N–H and O–H groups in total. The lowest BCUT2D eigenvalue weighted by Gasteiger charge is -2.05. The quantitative estimate of drug-likeness (QED) is 0.733. The van der Waals surface area contributed by atoms with Gasteiger partial charge in [0.05, 0.1) is 30.0 Å². The predicted molar refractivity (Wildman–Crippen MR) is 88.5 cm³/mol. The van der Waals surface area contributed by atoms with Gasteiger partial charge in [-0.1, -0.05) is 12.1 Å². The number of benzene rings is 1. The average molecular weight is 310 g/mol. The van der Waals surface area contributed by atoms with Gasteiger partial charge in [0.1, 0.15) is 5.82 Å². The number of carbonyl (C=O) groups excluding carboxylic acids is 1. The summed E-state index contributed by atoms with van der Waals surface area (Å²) in [4.78, 5) is 23.7. The lowest BCUT2D eigenvalue weighted by molar-refractivity contribution is -0.116. The number of anilines is 1. The minimum absolute atomic E-state index is 0.0342. The molecule has 3 rings (SSSR count). The number of ether oxygens (including phenoxy) is 1. The highest BCUT2D eigenvalue weighted by Gasteiger charge is 2.06. The third-order valence-electron chi connectivity index (χ3n) is 3.49. The zero-order valence-electron chi connectivity index (χ0n) is 12.9. The maximum Gasteiger partial charge on any atom is 0.224 e. The summed E-state index contributed by atoms with van der Waals surface area (Å²) in [6.07, 6.45) is 3.48. The average Bonchev–Trinajstić information content (AvgIpc) is 2.98. The molecule has 2 aromatic heterocycles. The zero-order chi connectivity index (χ0) is 16.1. The number of hydrogen-bond donors (Lipinski definition) is 2. The molecule has 118 valence electrons. The summed E-state index contributed by atoms with van der Waals surface area (Å²) in [6, 6.07) is 11.4. The van der Waals surface area contributed by atoms with Crippen molar-refractivity contribution in [1.29, 1.82) is 0 Å². The molecule has 1 amide bonds. The molecule has 0 atom stereocenters. The summed E-state index contributed by atoms with van der Waals surface area (Å²) >= 11 is 0. The minimum atomic E-state index is -0.0342. The molecule has 2 heterocycles. The monoisotopic (exact) mass is 310 g/mol. The smallest absolute Gasteiger partial charge is 0.224 e. The van der Waals surface area contributed by atoms with Crippen molar-refractivity contribution in [2.75, 3.05) is 12.4 Å². The van der Waals surface area contributed by atoms with Crippen molar-refractivity contribution in [2.24, 2.45) is 0 Å². The standard InChI is InChI=1S/C17H18N4O2/c1-23-17-10-9-12(11-18-17)19-16(22)8-4-7-15-20-13-5-2-3-6-14(13)21-15/h2-3,5-6,9-11H,4,7-8H2,1H3,(H,19,22)(H,20,21). The largest absolute Gasteiger partial charge is 0.481 e. The van der Waals surface area contributed by atoms with Crippen LogP contribution < -0.4 is 10.1 Å². The number of aryl methyl sites for hydroxylation is 1. The molecule has 0 aliphatic rings. The van der Waals surface area contributed by atoms with Gasteiger partial charge in [0.2, 0.25) is 11.8 Å². The van der Waals surface area contributed by atoms with E-state index in [1.807, 2.05) is 24.3 Å². The van der Waals surface area contributed by atoms with Gasteiger partial charge in [-0.15, -0.1) is 0 Å². The van der Waals surface area contributed by atoms with E-state index in [0.29, 0.717) is 18.0 Å². The number of amides is 1. The molecule has 6 heteroatoms.